The largest absolute Gasteiger partial charge is 0.368 e. The highest BCUT2D eigenvalue weighted by atomic mass is 16.2. The fraction of sp³-hybridized carbons (Fsp3) is 0.200. The molecule has 0 spiro atoms. The molecule has 7 heteroatoms. The molecule has 4 aromatic rings. The topological polar surface area (TPSA) is 110 Å². The Morgan fingerprint density at radius 3 is 2.34 bits per heavy atom. The Kier molecular flexibility index (Phi) is 5.98. The van der Waals surface area contributed by atoms with Crippen molar-refractivity contribution in [1.29, 1.82) is 0 Å². The maximum absolute atomic E-state index is 12.9. The highest BCUT2D eigenvalue weighted by molar-refractivity contribution is 6.07. The number of nitrogens with zero attached hydrogens (tertiary/aromatic N) is 2. The van der Waals surface area contributed by atoms with E-state index in [1.807, 2.05) is 74.5 Å². The number of amides is 2. The maximum Gasteiger partial charge on any atom is 0.252 e. The first-order valence-corrected chi connectivity index (χ1v) is 10.5. The molecule has 0 bridgehead atoms. The molecule has 0 unspecified atom stereocenters. The average molecular weight is 428 g/mol. The average Bonchev–Trinajstić information content (AvgIpc) is 2.80. The second kappa shape index (κ2) is 9.01. The van der Waals surface area contributed by atoms with Crippen molar-refractivity contribution in [3.63, 3.8) is 0 Å². The molecule has 32 heavy (non-hydrogen) atoms. The number of benzene rings is 3. The van der Waals surface area contributed by atoms with Crippen molar-refractivity contribution in [3.05, 3.63) is 78.1 Å². The van der Waals surface area contributed by atoms with E-state index >= 15 is 0 Å². The van der Waals surface area contributed by atoms with Crippen LogP contribution in [-0.4, -0.2) is 27.8 Å². The molecular weight excluding hydrogens is 402 g/mol. The van der Waals surface area contributed by atoms with Gasteiger partial charge in [0.05, 0.1) is 12.1 Å². The van der Waals surface area contributed by atoms with Crippen LogP contribution >= 0.6 is 0 Å². The van der Waals surface area contributed by atoms with Gasteiger partial charge in [-0.05, 0) is 34.9 Å². The lowest BCUT2D eigenvalue weighted by Crippen LogP contribution is -2.40. The second-order valence-corrected chi connectivity index (χ2v) is 7.98. The standard InChI is InChI=1S/C25H25N5O2/c1-15(2)22(23(26)31)30-24-19-11-5-6-13-20(19)28-21(29-24)14-27-25(32)18-12-7-9-16-8-3-4-10-17(16)18/h3-13,15,22H,14H2,1-2H3,(H2,26,31)(H,27,32)(H,28,29,30)/t22-/m0/s1. The summed E-state index contributed by atoms with van der Waals surface area (Å²) in [5.74, 6) is 0.281. The Labute approximate surface area is 186 Å². The Morgan fingerprint density at radius 2 is 1.59 bits per heavy atom. The van der Waals surface area contributed by atoms with Crippen molar-refractivity contribution in [1.82, 2.24) is 15.3 Å². The summed E-state index contributed by atoms with van der Waals surface area (Å²) in [5.41, 5.74) is 6.88. The predicted molar refractivity (Wildman–Crippen MR) is 126 cm³/mol. The highest BCUT2D eigenvalue weighted by Crippen LogP contribution is 2.23. The van der Waals surface area contributed by atoms with E-state index in [1.54, 1.807) is 6.07 Å². The van der Waals surface area contributed by atoms with Gasteiger partial charge in [-0.15, -0.1) is 0 Å². The van der Waals surface area contributed by atoms with Gasteiger partial charge < -0.3 is 16.4 Å². The third-order valence-corrected chi connectivity index (χ3v) is 5.36. The predicted octanol–water partition coefficient (Wildman–Crippen LogP) is 3.63. The zero-order chi connectivity index (χ0) is 22.7. The summed E-state index contributed by atoms with van der Waals surface area (Å²) in [7, 11) is 0. The summed E-state index contributed by atoms with van der Waals surface area (Å²) in [6, 6.07) is 20.3. The van der Waals surface area contributed by atoms with Crippen LogP contribution in [0.15, 0.2) is 66.7 Å². The van der Waals surface area contributed by atoms with Gasteiger partial charge in [0.1, 0.15) is 11.9 Å². The van der Waals surface area contributed by atoms with E-state index in [0.717, 1.165) is 16.2 Å². The summed E-state index contributed by atoms with van der Waals surface area (Å²) in [4.78, 5) is 34.0. The van der Waals surface area contributed by atoms with E-state index in [2.05, 4.69) is 20.6 Å². The molecule has 4 rings (SSSR count). The van der Waals surface area contributed by atoms with Crippen molar-refractivity contribution in [2.75, 3.05) is 5.32 Å². The first-order chi connectivity index (χ1) is 15.4. The number of para-hydroxylation sites is 1. The van der Waals surface area contributed by atoms with Crippen LogP contribution in [0, 0.1) is 5.92 Å². The molecule has 7 nitrogen and oxygen atoms in total. The number of carbonyl (C=O) groups excluding carboxylic acids is 2. The van der Waals surface area contributed by atoms with Crippen molar-refractivity contribution in [3.8, 4) is 0 Å². The fourth-order valence-electron chi connectivity index (χ4n) is 3.71. The maximum atomic E-state index is 12.9. The Bertz CT molecular complexity index is 1300. The molecule has 162 valence electrons. The number of carbonyl (C=O) groups is 2. The third kappa shape index (κ3) is 4.37. The summed E-state index contributed by atoms with van der Waals surface area (Å²) < 4.78 is 0. The molecule has 0 radical (unpaired) electrons. The number of rotatable bonds is 7. The van der Waals surface area contributed by atoms with Crippen LogP contribution < -0.4 is 16.4 Å². The number of fused-ring (bicyclic) bond motifs is 2. The van der Waals surface area contributed by atoms with Gasteiger partial charge in [-0.1, -0.05) is 62.4 Å². The molecular formula is C25H25N5O2. The van der Waals surface area contributed by atoms with Crippen molar-refractivity contribution in [2.45, 2.75) is 26.4 Å². The van der Waals surface area contributed by atoms with E-state index in [-0.39, 0.29) is 18.4 Å². The quantitative estimate of drug-likeness (QED) is 0.417. The van der Waals surface area contributed by atoms with Crippen LogP contribution in [0.2, 0.25) is 0 Å². The minimum atomic E-state index is -0.577. The molecule has 1 heterocycles. The zero-order valence-electron chi connectivity index (χ0n) is 18.0. The van der Waals surface area contributed by atoms with E-state index < -0.39 is 11.9 Å². The lowest BCUT2D eigenvalue weighted by Gasteiger charge is -2.21. The van der Waals surface area contributed by atoms with E-state index in [9.17, 15) is 9.59 Å². The van der Waals surface area contributed by atoms with Crippen LogP contribution in [0.1, 0.15) is 30.0 Å². The molecule has 0 saturated carbocycles. The Morgan fingerprint density at radius 1 is 0.906 bits per heavy atom. The molecule has 0 aliphatic carbocycles. The third-order valence-electron chi connectivity index (χ3n) is 5.36. The number of nitrogens with one attached hydrogen (secondary N) is 2. The lowest BCUT2D eigenvalue weighted by molar-refractivity contribution is -0.119. The molecule has 4 N–H and O–H groups in total. The molecule has 1 atom stereocenters. The van der Waals surface area contributed by atoms with Gasteiger partial charge in [0, 0.05) is 10.9 Å². The minimum Gasteiger partial charge on any atom is -0.368 e. The fourth-order valence-corrected chi connectivity index (χ4v) is 3.71. The molecule has 0 aliphatic heterocycles. The van der Waals surface area contributed by atoms with Crippen LogP contribution in [0.25, 0.3) is 21.7 Å². The summed E-state index contributed by atoms with van der Waals surface area (Å²) in [5, 5.41) is 8.75. The SMILES string of the molecule is CC(C)[C@H](Nc1nc(CNC(=O)c2cccc3ccccc23)nc2ccccc12)C(N)=O. The van der Waals surface area contributed by atoms with Crippen LogP contribution in [0.4, 0.5) is 5.82 Å². The van der Waals surface area contributed by atoms with E-state index in [4.69, 9.17) is 5.73 Å². The first-order valence-electron chi connectivity index (χ1n) is 10.5. The van der Waals surface area contributed by atoms with Crippen LogP contribution in [0.3, 0.4) is 0 Å². The first kappa shape index (κ1) is 21.2. The summed E-state index contributed by atoms with van der Waals surface area (Å²) in [6.45, 7) is 3.97. The summed E-state index contributed by atoms with van der Waals surface area (Å²) >= 11 is 0. The molecule has 3 aromatic carbocycles. The number of anilines is 1. The minimum absolute atomic E-state index is 0.0178. The van der Waals surface area contributed by atoms with Crippen LogP contribution in [-0.2, 0) is 11.3 Å². The summed E-state index contributed by atoms with van der Waals surface area (Å²) in [6.07, 6.45) is 0. The molecule has 1 aromatic heterocycles. The Balaban J connectivity index is 1.62. The number of primary amides is 1. The number of aromatic nitrogens is 2. The Hall–Kier alpha value is -4.00. The van der Waals surface area contributed by atoms with E-state index in [0.29, 0.717) is 22.7 Å². The number of hydrogen-bond acceptors (Lipinski definition) is 5. The van der Waals surface area contributed by atoms with Gasteiger partial charge in [-0.2, -0.15) is 0 Å². The van der Waals surface area contributed by atoms with Gasteiger partial charge >= 0.3 is 0 Å². The van der Waals surface area contributed by atoms with Gasteiger partial charge in [-0.3, -0.25) is 9.59 Å². The van der Waals surface area contributed by atoms with Crippen LogP contribution in [0.5, 0.6) is 0 Å². The van der Waals surface area contributed by atoms with Crippen molar-refractivity contribution in [2.24, 2.45) is 11.7 Å². The molecule has 0 aliphatic rings. The number of nitrogens with two attached hydrogens (primary N) is 1. The second-order valence-electron chi connectivity index (χ2n) is 7.98. The highest BCUT2D eigenvalue weighted by Gasteiger charge is 2.21. The lowest BCUT2D eigenvalue weighted by atomic mass is 10.0. The molecule has 0 saturated heterocycles. The van der Waals surface area contributed by atoms with Gasteiger partial charge in [0.15, 0.2) is 5.82 Å². The van der Waals surface area contributed by atoms with Crippen molar-refractivity contribution < 1.29 is 9.59 Å². The molecule has 2 amide bonds. The smallest absolute Gasteiger partial charge is 0.252 e. The normalized spacial score (nSPS) is 12.1. The van der Waals surface area contributed by atoms with Gasteiger partial charge in [0.2, 0.25) is 5.91 Å². The zero-order valence-corrected chi connectivity index (χ0v) is 18.0. The van der Waals surface area contributed by atoms with E-state index in [1.165, 1.54) is 0 Å². The monoisotopic (exact) mass is 427 g/mol. The van der Waals surface area contributed by atoms with Gasteiger partial charge in [-0.25, -0.2) is 9.97 Å². The molecule has 0 fully saturated rings. The van der Waals surface area contributed by atoms with Gasteiger partial charge in [0.25, 0.3) is 5.91 Å². The number of hydrogen-bond donors (Lipinski definition) is 3. The van der Waals surface area contributed by atoms with Crippen molar-refractivity contribution >= 4 is 39.3 Å².